The highest BCUT2D eigenvalue weighted by atomic mass is 16.2. The van der Waals surface area contributed by atoms with Gasteiger partial charge in [0, 0.05) is 13.1 Å². The van der Waals surface area contributed by atoms with E-state index in [0.717, 1.165) is 25.7 Å². The molecule has 2 saturated carbocycles. The van der Waals surface area contributed by atoms with Crippen molar-refractivity contribution in [1.29, 1.82) is 5.41 Å². The van der Waals surface area contributed by atoms with Crippen LogP contribution in [0.15, 0.2) is 19.6 Å². The number of aromatic nitrogens is 2. The van der Waals surface area contributed by atoms with E-state index in [1.807, 2.05) is 0 Å². The second-order valence-electron chi connectivity index (χ2n) is 5.92. The second-order valence-corrected chi connectivity index (χ2v) is 5.92. The summed E-state index contributed by atoms with van der Waals surface area (Å²) in [5.74, 6) is 0.740. The van der Waals surface area contributed by atoms with Crippen molar-refractivity contribution in [3.05, 3.63) is 31.7 Å². The zero-order chi connectivity index (χ0) is 13.9. The highest BCUT2D eigenvalue weighted by Crippen LogP contribution is 2.30. The number of nitrogens with one attached hydrogen (secondary N) is 1. The van der Waals surface area contributed by atoms with Gasteiger partial charge in [0.15, 0.2) is 10.8 Å². The molecule has 1 aromatic rings. The van der Waals surface area contributed by atoms with Crippen LogP contribution in [0.5, 0.6) is 0 Å². The number of fused-ring (bicyclic) bond motifs is 1. The molecule has 2 heterocycles. The molecule has 0 amide bonds. The first-order valence-electron chi connectivity index (χ1n) is 7.03. The van der Waals surface area contributed by atoms with Crippen molar-refractivity contribution in [2.24, 2.45) is 21.8 Å². The zero-order valence-electron chi connectivity index (χ0n) is 11.0. The van der Waals surface area contributed by atoms with Crippen LogP contribution in [0.25, 0.3) is 0 Å². The van der Waals surface area contributed by atoms with E-state index in [9.17, 15) is 9.59 Å². The molecule has 0 saturated heterocycles. The second kappa shape index (κ2) is 3.97. The van der Waals surface area contributed by atoms with E-state index < -0.39 is 5.56 Å². The van der Waals surface area contributed by atoms with Crippen molar-refractivity contribution in [2.75, 3.05) is 0 Å². The summed E-state index contributed by atoms with van der Waals surface area (Å²) in [6.45, 7) is 1.05. The standard InChI is InChI=1S/C13H15N5O2/c14-12-15-9-10(16-12)17(5-7-1-2-7)13(20)18(11(9)19)6-8-3-4-8/h7-8,14H,1-6H2. The zero-order valence-corrected chi connectivity index (χ0v) is 11.0. The molecular weight excluding hydrogens is 258 g/mol. The molecule has 4 rings (SSSR count). The largest absolute Gasteiger partial charge is 0.332 e. The Morgan fingerprint density at radius 1 is 1.00 bits per heavy atom. The van der Waals surface area contributed by atoms with Crippen LogP contribution in [0, 0.1) is 17.2 Å². The van der Waals surface area contributed by atoms with Crippen LogP contribution in [-0.2, 0) is 13.1 Å². The lowest BCUT2D eigenvalue weighted by molar-refractivity contribution is 0.487. The molecule has 1 aromatic heterocycles. The van der Waals surface area contributed by atoms with Crippen LogP contribution in [0.3, 0.4) is 0 Å². The normalized spacial score (nSPS) is 20.5. The lowest BCUT2D eigenvalue weighted by Gasteiger charge is -2.08. The summed E-state index contributed by atoms with van der Waals surface area (Å²) in [6.07, 6.45) is 4.36. The molecule has 2 fully saturated rings. The van der Waals surface area contributed by atoms with Crippen molar-refractivity contribution in [1.82, 2.24) is 9.13 Å². The van der Waals surface area contributed by atoms with Gasteiger partial charge in [0.05, 0.1) is 0 Å². The first-order chi connectivity index (χ1) is 9.63. The fourth-order valence-electron chi connectivity index (χ4n) is 2.56. The summed E-state index contributed by atoms with van der Waals surface area (Å²) >= 11 is 0. The van der Waals surface area contributed by atoms with Crippen LogP contribution < -0.4 is 22.1 Å². The molecule has 20 heavy (non-hydrogen) atoms. The fraction of sp³-hybridized carbons (Fsp3) is 0.615. The Balaban J connectivity index is 1.97. The SMILES string of the molecule is N=C1N=c2c(=O)n(CC3CC3)c(=O)n(CC3CC3)c2=N1. The Morgan fingerprint density at radius 2 is 1.60 bits per heavy atom. The minimum absolute atomic E-state index is 0.163. The molecule has 7 heteroatoms. The van der Waals surface area contributed by atoms with Crippen molar-refractivity contribution in [2.45, 2.75) is 38.8 Å². The van der Waals surface area contributed by atoms with E-state index in [4.69, 9.17) is 5.41 Å². The molecule has 0 spiro atoms. The topological polar surface area (TPSA) is 92.6 Å². The highest BCUT2D eigenvalue weighted by Gasteiger charge is 2.28. The smallest absolute Gasteiger partial charge is 0.276 e. The average Bonchev–Trinajstić information content (AvgIpc) is 3.31. The summed E-state index contributed by atoms with van der Waals surface area (Å²) in [6, 6.07) is 0. The van der Waals surface area contributed by atoms with Crippen LogP contribution in [0.2, 0.25) is 0 Å². The molecular formula is C13H15N5O2. The number of nitrogens with zero attached hydrogens (tertiary/aromatic N) is 4. The van der Waals surface area contributed by atoms with Gasteiger partial charge in [-0.1, -0.05) is 0 Å². The molecule has 2 aliphatic carbocycles. The van der Waals surface area contributed by atoms with Gasteiger partial charge in [0.2, 0.25) is 5.96 Å². The summed E-state index contributed by atoms with van der Waals surface area (Å²) in [7, 11) is 0. The molecule has 0 radical (unpaired) electrons. The van der Waals surface area contributed by atoms with Crippen molar-refractivity contribution >= 4 is 5.96 Å². The summed E-state index contributed by atoms with van der Waals surface area (Å²) in [4.78, 5) is 32.7. The predicted molar refractivity (Wildman–Crippen MR) is 70.4 cm³/mol. The van der Waals surface area contributed by atoms with Gasteiger partial charge < -0.3 is 0 Å². The molecule has 0 aromatic carbocycles. The van der Waals surface area contributed by atoms with E-state index in [1.54, 1.807) is 4.57 Å². The van der Waals surface area contributed by atoms with Crippen LogP contribution in [-0.4, -0.2) is 15.1 Å². The molecule has 1 aliphatic heterocycles. The third kappa shape index (κ3) is 1.85. The van der Waals surface area contributed by atoms with Gasteiger partial charge in [-0.15, -0.1) is 0 Å². The molecule has 104 valence electrons. The quantitative estimate of drug-likeness (QED) is 0.763. The van der Waals surface area contributed by atoms with Gasteiger partial charge in [0.25, 0.3) is 5.56 Å². The fourth-order valence-corrected chi connectivity index (χ4v) is 2.56. The van der Waals surface area contributed by atoms with E-state index in [-0.39, 0.29) is 22.5 Å². The number of guanidine groups is 1. The molecule has 0 unspecified atom stereocenters. The first kappa shape index (κ1) is 11.7. The monoisotopic (exact) mass is 273 g/mol. The maximum absolute atomic E-state index is 12.5. The Hall–Kier alpha value is -2.05. The van der Waals surface area contributed by atoms with E-state index in [0.29, 0.717) is 24.9 Å². The Kier molecular flexibility index (Phi) is 2.33. The Labute approximate surface area is 113 Å². The van der Waals surface area contributed by atoms with Crippen LogP contribution >= 0.6 is 0 Å². The maximum Gasteiger partial charge on any atom is 0.332 e. The minimum atomic E-state index is -0.394. The van der Waals surface area contributed by atoms with Crippen LogP contribution in [0.1, 0.15) is 25.7 Å². The summed E-state index contributed by atoms with van der Waals surface area (Å²) < 4.78 is 2.83. The van der Waals surface area contributed by atoms with Crippen molar-refractivity contribution < 1.29 is 0 Å². The lowest BCUT2D eigenvalue weighted by atomic mass is 10.4. The average molecular weight is 273 g/mol. The number of rotatable bonds is 4. The summed E-state index contributed by atoms with van der Waals surface area (Å²) in [5, 5.41) is 7.69. The predicted octanol–water partition coefficient (Wildman–Crippen LogP) is -0.982. The number of hydrogen-bond acceptors (Lipinski definition) is 3. The van der Waals surface area contributed by atoms with Gasteiger partial charge in [-0.2, -0.15) is 4.99 Å². The van der Waals surface area contributed by atoms with E-state index in [2.05, 4.69) is 9.98 Å². The third-order valence-electron chi connectivity index (χ3n) is 4.08. The summed E-state index contributed by atoms with van der Waals surface area (Å²) in [5.41, 5.74) is -0.403. The van der Waals surface area contributed by atoms with E-state index in [1.165, 1.54) is 4.57 Å². The van der Waals surface area contributed by atoms with Gasteiger partial charge in [-0.25, -0.2) is 9.79 Å². The Bertz CT molecular complexity index is 839. The molecule has 0 atom stereocenters. The first-order valence-corrected chi connectivity index (χ1v) is 7.03. The van der Waals surface area contributed by atoms with Gasteiger partial charge in [-0.05, 0) is 37.5 Å². The third-order valence-corrected chi connectivity index (χ3v) is 4.08. The van der Waals surface area contributed by atoms with Crippen LogP contribution in [0.4, 0.5) is 0 Å². The van der Waals surface area contributed by atoms with Gasteiger partial charge in [-0.3, -0.25) is 19.3 Å². The molecule has 0 bridgehead atoms. The minimum Gasteiger partial charge on any atom is -0.276 e. The molecule has 7 nitrogen and oxygen atoms in total. The lowest BCUT2D eigenvalue weighted by Crippen LogP contribution is -2.57. The molecule has 3 aliphatic rings. The van der Waals surface area contributed by atoms with Gasteiger partial charge in [0.1, 0.15) is 0 Å². The maximum atomic E-state index is 12.5. The molecule has 1 N–H and O–H groups in total. The Morgan fingerprint density at radius 3 is 2.20 bits per heavy atom. The van der Waals surface area contributed by atoms with Crippen molar-refractivity contribution in [3.63, 3.8) is 0 Å². The number of hydrogen-bond donors (Lipinski definition) is 1. The van der Waals surface area contributed by atoms with Gasteiger partial charge >= 0.3 is 5.69 Å². The van der Waals surface area contributed by atoms with E-state index >= 15 is 0 Å². The van der Waals surface area contributed by atoms with Crippen molar-refractivity contribution in [3.8, 4) is 0 Å². The highest BCUT2D eigenvalue weighted by molar-refractivity contribution is 5.79.